The molecule has 0 amide bonds. The Hall–Kier alpha value is -0.670. The van der Waals surface area contributed by atoms with Crippen LogP contribution in [-0.4, -0.2) is 62.1 Å². The predicted octanol–water partition coefficient (Wildman–Crippen LogP) is -0.310. The van der Waals surface area contributed by atoms with Gasteiger partial charge in [0.2, 0.25) is 10.0 Å². The van der Waals surface area contributed by atoms with Gasteiger partial charge in [0, 0.05) is 19.0 Å². The first-order chi connectivity index (χ1) is 8.68. The van der Waals surface area contributed by atoms with Crippen molar-refractivity contribution >= 4 is 25.8 Å². The molecule has 9 heteroatoms. The molecule has 1 heterocycles. The van der Waals surface area contributed by atoms with Crippen LogP contribution < -0.4 is 0 Å². The maximum absolute atomic E-state index is 12.1. The van der Waals surface area contributed by atoms with Crippen molar-refractivity contribution < 1.29 is 26.7 Å². The summed E-state index contributed by atoms with van der Waals surface area (Å²) in [5.41, 5.74) is 0. The van der Waals surface area contributed by atoms with Crippen molar-refractivity contribution in [3.05, 3.63) is 0 Å². The van der Waals surface area contributed by atoms with Gasteiger partial charge in [-0.25, -0.2) is 16.8 Å². The molecule has 1 atom stereocenters. The fourth-order valence-corrected chi connectivity index (χ4v) is 5.80. The number of hydrogen-bond donors (Lipinski definition) is 1. The summed E-state index contributed by atoms with van der Waals surface area (Å²) >= 11 is 0. The molecule has 0 aromatic carbocycles. The van der Waals surface area contributed by atoms with Gasteiger partial charge in [-0.05, 0) is 12.8 Å². The van der Waals surface area contributed by atoms with E-state index in [2.05, 4.69) is 0 Å². The number of carboxylic acids is 1. The molecule has 0 aromatic rings. The summed E-state index contributed by atoms with van der Waals surface area (Å²) in [6, 6.07) is -0.509. The van der Waals surface area contributed by atoms with E-state index in [-0.39, 0.29) is 36.6 Å². The topological polar surface area (TPSA) is 109 Å². The number of nitrogens with zero attached hydrogens (tertiary/aromatic N) is 1. The molecule has 0 radical (unpaired) electrons. The SMILES string of the molecule is CCN(C1CCS(=O)(=O)C1)S(=O)(=O)CCCC(=O)O. The van der Waals surface area contributed by atoms with Crippen LogP contribution in [0.25, 0.3) is 0 Å². The number of rotatable bonds is 7. The Balaban J connectivity index is 2.71. The van der Waals surface area contributed by atoms with E-state index in [9.17, 15) is 21.6 Å². The van der Waals surface area contributed by atoms with E-state index < -0.39 is 31.9 Å². The lowest BCUT2D eigenvalue weighted by Gasteiger charge is -2.25. The summed E-state index contributed by atoms with van der Waals surface area (Å²) < 4.78 is 48.1. The molecule has 19 heavy (non-hydrogen) atoms. The Morgan fingerprint density at radius 1 is 1.42 bits per heavy atom. The lowest BCUT2D eigenvalue weighted by atomic mass is 10.3. The van der Waals surface area contributed by atoms with Crippen LogP contribution in [-0.2, 0) is 24.7 Å². The van der Waals surface area contributed by atoms with Crippen LogP contribution in [0.1, 0.15) is 26.2 Å². The highest BCUT2D eigenvalue weighted by atomic mass is 32.2. The van der Waals surface area contributed by atoms with E-state index in [1.165, 1.54) is 4.31 Å². The first-order valence-electron chi connectivity index (χ1n) is 6.09. The average Bonchev–Trinajstić information content (AvgIpc) is 2.58. The fourth-order valence-electron chi connectivity index (χ4n) is 2.21. The van der Waals surface area contributed by atoms with E-state index in [1.54, 1.807) is 6.92 Å². The Morgan fingerprint density at radius 2 is 2.05 bits per heavy atom. The van der Waals surface area contributed by atoms with Crippen molar-refractivity contribution in [2.75, 3.05) is 23.8 Å². The standard InChI is InChI=1S/C10H19NO6S2/c1-2-11(9-5-7-18(14,15)8-9)19(16,17)6-3-4-10(12)13/h9H,2-8H2,1H3,(H,12,13). The van der Waals surface area contributed by atoms with Gasteiger partial charge in [-0.3, -0.25) is 4.79 Å². The highest BCUT2D eigenvalue weighted by Crippen LogP contribution is 2.21. The van der Waals surface area contributed by atoms with E-state index in [1.807, 2.05) is 0 Å². The van der Waals surface area contributed by atoms with E-state index in [0.717, 1.165) is 0 Å². The molecule has 0 aromatic heterocycles. The monoisotopic (exact) mass is 313 g/mol. The van der Waals surface area contributed by atoms with Crippen LogP contribution >= 0.6 is 0 Å². The third-order valence-electron chi connectivity index (χ3n) is 3.08. The maximum Gasteiger partial charge on any atom is 0.303 e. The van der Waals surface area contributed by atoms with Gasteiger partial charge in [-0.2, -0.15) is 4.31 Å². The maximum atomic E-state index is 12.1. The molecule has 1 saturated heterocycles. The molecule has 0 aliphatic carbocycles. The van der Waals surface area contributed by atoms with Gasteiger partial charge in [-0.1, -0.05) is 6.92 Å². The predicted molar refractivity (Wildman–Crippen MR) is 70.1 cm³/mol. The van der Waals surface area contributed by atoms with Crippen LogP contribution in [0, 0.1) is 0 Å². The van der Waals surface area contributed by atoms with E-state index in [4.69, 9.17) is 5.11 Å². The zero-order valence-corrected chi connectivity index (χ0v) is 12.4. The molecule has 1 aliphatic heterocycles. The van der Waals surface area contributed by atoms with Crippen LogP contribution in [0.3, 0.4) is 0 Å². The Morgan fingerprint density at radius 3 is 2.47 bits per heavy atom. The third kappa shape index (κ3) is 4.73. The van der Waals surface area contributed by atoms with Gasteiger partial charge in [0.1, 0.15) is 0 Å². The molecule has 112 valence electrons. The smallest absolute Gasteiger partial charge is 0.303 e. The molecule has 7 nitrogen and oxygen atoms in total. The minimum Gasteiger partial charge on any atom is -0.481 e. The summed E-state index contributed by atoms with van der Waals surface area (Å²) in [6.07, 6.45) is 0.141. The zero-order valence-electron chi connectivity index (χ0n) is 10.8. The second kappa shape index (κ2) is 6.19. The first-order valence-corrected chi connectivity index (χ1v) is 9.53. The van der Waals surface area contributed by atoms with Crippen LogP contribution in [0.15, 0.2) is 0 Å². The van der Waals surface area contributed by atoms with E-state index in [0.29, 0.717) is 6.42 Å². The summed E-state index contributed by atoms with van der Waals surface area (Å²) in [5.74, 6) is -1.43. The highest BCUT2D eigenvalue weighted by Gasteiger charge is 2.36. The van der Waals surface area contributed by atoms with Crippen molar-refractivity contribution in [2.24, 2.45) is 0 Å². The fraction of sp³-hybridized carbons (Fsp3) is 0.900. The normalized spacial score (nSPS) is 22.7. The first kappa shape index (κ1) is 16.4. The van der Waals surface area contributed by atoms with Crippen LogP contribution in [0.4, 0.5) is 0 Å². The van der Waals surface area contributed by atoms with Crippen LogP contribution in [0.5, 0.6) is 0 Å². The molecule has 1 N–H and O–H groups in total. The van der Waals surface area contributed by atoms with Crippen molar-refractivity contribution in [2.45, 2.75) is 32.2 Å². The summed E-state index contributed by atoms with van der Waals surface area (Å²) in [5, 5.41) is 8.50. The van der Waals surface area contributed by atoms with Gasteiger partial charge in [0.25, 0.3) is 0 Å². The van der Waals surface area contributed by atoms with Crippen molar-refractivity contribution in [1.29, 1.82) is 0 Å². The highest BCUT2D eigenvalue weighted by molar-refractivity contribution is 7.92. The lowest BCUT2D eigenvalue weighted by Crippen LogP contribution is -2.42. The van der Waals surface area contributed by atoms with Crippen molar-refractivity contribution in [1.82, 2.24) is 4.31 Å². The molecule has 1 aliphatic rings. The van der Waals surface area contributed by atoms with Crippen molar-refractivity contribution in [3.63, 3.8) is 0 Å². The number of hydrogen-bond acceptors (Lipinski definition) is 5. The molecule has 0 spiro atoms. The van der Waals surface area contributed by atoms with Gasteiger partial charge in [0.15, 0.2) is 9.84 Å². The van der Waals surface area contributed by atoms with E-state index >= 15 is 0 Å². The Bertz CT molecular complexity index is 524. The van der Waals surface area contributed by atoms with Crippen molar-refractivity contribution in [3.8, 4) is 0 Å². The molecular formula is C10H19NO6S2. The molecule has 0 saturated carbocycles. The lowest BCUT2D eigenvalue weighted by molar-refractivity contribution is -0.137. The summed E-state index contributed by atoms with van der Waals surface area (Å²) in [7, 11) is -6.74. The number of sulfonamides is 1. The number of aliphatic carboxylic acids is 1. The Labute approximate surface area is 113 Å². The van der Waals surface area contributed by atoms with Gasteiger partial charge < -0.3 is 5.11 Å². The van der Waals surface area contributed by atoms with Gasteiger partial charge in [0.05, 0.1) is 17.3 Å². The molecule has 1 rings (SSSR count). The second-order valence-corrected chi connectivity index (χ2v) is 8.84. The molecular weight excluding hydrogens is 294 g/mol. The largest absolute Gasteiger partial charge is 0.481 e. The second-order valence-electron chi connectivity index (χ2n) is 4.57. The minimum atomic E-state index is -3.60. The van der Waals surface area contributed by atoms with Gasteiger partial charge in [-0.15, -0.1) is 0 Å². The minimum absolute atomic E-state index is 0.0127. The number of carbonyl (C=O) groups is 1. The third-order valence-corrected chi connectivity index (χ3v) is 6.90. The molecule has 1 unspecified atom stereocenters. The molecule has 1 fully saturated rings. The van der Waals surface area contributed by atoms with Gasteiger partial charge >= 0.3 is 5.97 Å². The number of carboxylic acid groups (broad SMARTS) is 1. The molecule has 0 bridgehead atoms. The zero-order chi connectivity index (χ0) is 14.7. The summed E-state index contributed by atoms with van der Waals surface area (Å²) in [4.78, 5) is 10.4. The Kier molecular flexibility index (Phi) is 5.34. The van der Waals surface area contributed by atoms with Crippen LogP contribution in [0.2, 0.25) is 0 Å². The summed E-state index contributed by atoms with van der Waals surface area (Å²) in [6.45, 7) is 1.86. The quantitative estimate of drug-likeness (QED) is 0.690. The number of sulfone groups is 1. The average molecular weight is 313 g/mol.